The van der Waals surface area contributed by atoms with E-state index in [4.69, 9.17) is 5.11 Å². The number of carboxylic acids is 1. The van der Waals surface area contributed by atoms with Gasteiger partial charge in [0.25, 0.3) is 0 Å². The third-order valence-electron chi connectivity index (χ3n) is 3.08. The van der Waals surface area contributed by atoms with Gasteiger partial charge in [-0.2, -0.15) is 0 Å². The monoisotopic (exact) mass is 244 g/mol. The standard InChI is InChI=1S/C12H12N4O2/c17-12(18)9-5-8-10(15-6-14-8)11(16-9)7-3-1-2-4-13-7/h1-4,6,9,11,16H,5H2,(H,14,15)(H,17,18). The maximum Gasteiger partial charge on any atom is 0.321 e. The molecule has 3 heterocycles. The van der Waals surface area contributed by atoms with Gasteiger partial charge in [-0.3, -0.25) is 15.1 Å². The van der Waals surface area contributed by atoms with Crippen LogP contribution in [0.4, 0.5) is 0 Å². The molecule has 2 unspecified atom stereocenters. The van der Waals surface area contributed by atoms with Gasteiger partial charge in [-0.15, -0.1) is 0 Å². The number of nitrogens with zero attached hydrogens (tertiary/aromatic N) is 2. The van der Waals surface area contributed by atoms with Gasteiger partial charge in [0.15, 0.2) is 0 Å². The van der Waals surface area contributed by atoms with Crippen LogP contribution >= 0.6 is 0 Å². The predicted octanol–water partition coefficient (Wildman–Crippen LogP) is 0.493. The van der Waals surface area contributed by atoms with Crippen LogP contribution in [0.25, 0.3) is 0 Å². The highest BCUT2D eigenvalue weighted by Crippen LogP contribution is 2.26. The first-order valence-electron chi connectivity index (χ1n) is 5.67. The number of H-pyrrole nitrogens is 1. The fraction of sp³-hybridized carbons (Fsp3) is 0.250. The number of carbonyl (C=O) groups is 1. The number of aromatic nitrogens is 3. The van der Waals surface area contributed by atoms with Crippen LogP contribution in [0, 0.1) is 0 Å². The lowest BCUT2D eigenvalue weighted by Gasteiger charge is -2.27. The zero-order valence-electron chi connectivity index (χ0n) is 9.50. The zero-order valence-corrected chi connectivity index (χ0v) is 9.50. The molecule has 0 saturated heterocycles. The molecule has 0 bridgehead atoms. The van der Waals surface area contributed by atoms with Crippen molar-refractivity contribution in [1.29, 1.82) is 0 Å². The Morgan fingerprint density at radius 1 is 1.39 bits per heavy atom. The van der Waals surface area contributed by atoms with Crippen molar-refractivity contribution in [3.63, 3.8) is 0 Å². The molecule has 6 heteroatoms. The number of hydrogen-bond donors (Lipinski definition) is 3. The summed E-state index contributed by atoms with van der Waals surface area (Å²) >= 11 is 0. The Hall–Kier alpha value is -2.21. The number of aromatic amines is 1. The summed E-state index contributed by atoms with van der Waals surface area (Å²) in [6.45, 7) is 0. The van der Waals surface area contributed by atoms with Crippen molar-refractivity contribution < 1.29 is 9.90 Å². The first kappa shape index (κ1) is 10.9. The van der Waals surface area contributed by atoms with Crippen LogP contribution in [0.2, 0.25) is 0 Å². The number of fused-ring (bicyclic) bond motifs is 1. The Bertz CT molecular complexity index is 566. The van der Waals surface area contributed by atoms with Gasteiger partial charge in [0.05, 0.1) is 23.8 Å². The van der Waals surface area contributed by atoms with Gasteiger partial charge in [0.1, 0.15) is 6.04 Å². The highest BCUT2D eigenvalue weighted by atomic mass is 16.4. The maximum absolute atomic E-state index is 11.1. The summed E-state index contributed by atoms with van der Waals surface area (Å²) in [4.78, 5) is 22.7. The molecule has 6 nitrogen and oxygen atoms in total. The van der Waals surface area contributed by atoms with Gasteiger partial charge in [0.2, 0.25) is 0 Å². The Balaban J connectivity index is 2.02. The number of rotatable bonds is 2. The lowest BCUT2D eigenvalue weighted by atomic mass is 9.97. The molecule has 0 aromatic carbocycles. The summed E-state index contributed by atoms with van der Waals surface area (Å²) in [7, 11) is 0. The number of aliphatic carboxylic acids is 1. The number of imidazole rings is 1. The van der Waals surface area contributed by atoms with Gasteiger partial charge in [-0.1, -0.05) is 6.07 Å². The van der Waals surface area contributed by atoms with Gasteiger partial charge in [-0.05, 0) is 12.1 Å². The van der Waals surface area contributed by atoms with Crippen LogP contribution < -0.4 is 5.32 Å². The molecule has 3 N–H and O–H groups in total. The molecule has 1 aliphatic heterocycles. The first-order chi connectivity index (χ1) is 8.75. The first-order valence-corrected chi connectivity index (χ1v) is 5.67. The molecular formula is C12H12N4O2. The van der Waals surface area contributed by atoms with E-state index in [0.717, 1.165) is 17.1 Å². The van der Waals surface area contributed by atoms with Crippen LogP contribution in [0.5, 0.6) is 0 Å². The molecule has 0 amide bonds. The van der Waals surface area contributed by atoms with Crippen LogP contribution in [-0.2, 0) is 11.2 Å². The fourth-order valence-electron chi connectivity index (χ4n) is 2.22. The molecule has 0 aliphatic carbocycles. The summed E-state index contributed by atoms with van der Waals surface area (Å²) in [5.41, 5.74) is 2.46. The quantitative estimate of drug-likeness (QED) is 0.715. The van der Waals surface area contributed by atoms with E-state index in [1.54, 1.807) is 12.5 Å². The largest absolute Gasteiger partial charge is 0.480 e. The smallest absolute Gasteiger partial charge is 0.321 e. The summed E-state index contributed by atoms with van der Waals surface area (Å²) in [5, 5.41) is 12.2. The van der Waals surface area contributed by atoms with Crippen molar-refractivity contribution in [2.45, 2.75) is 18.5 Å². The molecule has 3 rings (SSSR count). The third kappa shape index (κ3) is 1.76. The molecule has 2 aromatic heterocycles. The maximum atomic E-state index is 11.1. The molecule has 92 valence electrons. The van der Waals surface area contributed by atoms with Crippen LogP contribution in [0.15, 0.2) is 30.7 Å². The Morgan fingerprint density at radius 2 is 2.28 bits per heavy atom. The average molecular weight is 244 g/mol. The molecule has 2 atom stereocenters. The number of carboxylic acid groups (broad SMARTS) is 1. The van der Waals surface area contributed by atoms with E-state index >= 15 is 0 Å². The molecule has 18 heavy (non-hydrogen) atoms. The summed E-state index contributed by atoms with van der Waals surface area (Å²) in [6, 6.07) is 4.67. The number of hydrogen-bond acceptors (Lipinski definition) is 4. The lowest BCUT2D eigenvalue weighted by Crippen LogP contribution is -2.45. The van der Waals surface area contributed by atoms with Gasteiger partial charge >= 0.3 is 5.97 Å². The minimum atomic E-state index is -0.865. The second-order valence-electron chi connectivity index (χ2n) is 4.22. The van der Waals surface area contributed by atoms with Crippen molar-refractivity contribution in [2.75, 3.05) is 0 Å². The van der Waals surface area contributed by atoms with E-state index in [0.29, 0.717) is 6.42 Å². The molecule has 0 radical (unpaired) electrons. The lowest BCUT2D eigenvalue weighted by molar-refractivity contribution is -0.139. The molecular weight excluding hydrogens is 232 g/mol. The molecule has 0 saturated carbocycles. The Kier molecular flexibility index (Phi) is 2.56. The predicted molar refractivity (Wildman–Crippen MR) is 62.9 cm³/mol. The second-order valence-corrected chi connectivity index (χ2v) is 4.22. The SMILES string of the molecule is O=C(O)C1Cc2[nH]cnc2C(c2ccccn2)N1. The van der Waals surface area contributed by atoms with Gasteiger partial charge in [-0.25, -0.2) is 4.98 Å². The van der Waals surface area contributed by atoms with Gasteiger partial charge < -0.3 is 10.1 Å². The highest BCUT2D eigenvalue weighted by molar-refractivity contribution is 5.74. The summed E-state index contributed by atoms with van der Waals surface area (Å²) < 4.78 is 0. The number of pyridine rings is 1. The fourth-order valence-corrected chi connectivity index (χ4v) is 2.22. The van der Waals surface area contributed by atoms with E-state index in [1.807, 2.05) is 18.2 Å². The molecule has 1 aliphatic rings. The minimum absolute atomic E-state index is 0.276. The van der Waals surface area contributed by atoms with Crippen LogP contribution in [-0.4, -0.2) is 32.1 Å². The second kappa shape index (κ2) is 4.23. The van der Waals surface area contributed by atoms with E-state index in [2.05, 4.69) is 20.3 Å². The summed E-state index contributed by atoms with van der Waals surface area (Å²) in [5.74, 6) is -0.865. The van der Waals surface area contributed by atoms with E-state index in [9.17, 15) is 4.79 Å². The Morgan fingerprint density at radius 3 is 3.00 bits per heavy atom. The Labute approximate surface area is 103 Å². The van der Waals surface area contributed by atoms with Crippen molar-refractivity contribution in [1.82, 2.24) is 20.3 Å². The van der Waals surface area contributed by atoms with E-state index < -0.39 is 12.0 Å². The van der Waals surface area contributed by atoms with Gasteiger partial charge in [0, 0.05) is 18.3 Å². The number of nitrogens with one attached hydrogen (secondary N) is 2. The molecule has 0 fully saturated rings. The zero-order chi connectivity index (χ0) is 12.5. The van der Waals surface area contributed by atoms with Crippen molar-refractivity contribution >= 4 is 5.97 Å². The van der Waals surface area contributed by atoms with Crippen LogP contribution in [0.1, 0.15) is 23.1 Å². The highest BCUT2D eigenvalue weighted by Gasteiger charge is 2.33. The van der Waals surface area contributed by atoms with E-state index in [-0.39, 0.29) is 6.04 Å². The minimum Gasteiger partial charge on any atom is -0.480 e. The average Bonchev–Trinajstić information content (AvgIpc) is 2.86. The topological polar surface area (TPSA) is 90.9 Å². The third-order valence-corrected chi connectivity index (χ3v) is 3.08. The molecule has 0 spiro atoms. The van der Waals surface area contributed by atoms with Crippen molar-refractivity contribution in [3.05, 3.63) is 47.8 Å². The molecule has 2 aromatic rings. The van der Waals surface area contributed by atoms with E-state index in [1.165, 1.54) is 0 Å². The van der Waals surface area contributed by atoms with Crippen molar-refractivity contribution in [3.8, 4) is 0 Å². The summed E-state index contributed by atoms with van der Waals surface area (Å²) in [6.07, 6.45) is 3.69. The normalized spacial score (nSPS) is 22.4. The van der Waals surface area contributed by atoms with Crippen molar-refractivity contribution in [2.24, 2.45) is 0 Å². The van der Waals surface area contributed by atoms with Crippen LogP contribution in [0.3, 0.4) is 0 Å².